The van der Waals surface area contributed by atoms with Crippen molar-refractivity contribution >= 4 is 11.9 Å². The van der Waals surface area contributed by atoms with E-state index in [0.717, 1.165) is 50.3 Å². The summed E-state index contributed by atoms with van der Waals surface area (Å²) in [5.41, 5.74) is 0.874. The second-order valence-corrected chi connectivity index (χ2v) is 11.4. The Morgan fingerprint density at radius 3 is 2.38 bits per heavy atom. The number of hydrogen-bond acceptors (Lipinski definition) is 7. The van der Waals surface area contributed by atoms with E-state index in [1.807, 2.05) is 0 Å². The maximum Gasteiger partial charge on any atom is 0.417 e. The van der Waals surface area contributed by atoms with Gasteiger partial charge in [-0.1, -0.05) is 23.4 Å². The molecule has 2 unspecified atom stereocenters. The molecule has 7 rings (SSSR count). The highest BCUT2D eigenvalue weighted by Crippen LogP contribution is 2.47. The number of carbonyl (C=O) groups is 1. The average molecular weight is 555 g/mol. The van der Waals surface area contributed by atoms with Crippen molar-refractivity contribution in [3.05, 3.63) is 58.6 Å². The van der Waals surface area contributed by atoms with E-state index in [2.05, 4.69) is 15.0 Å². The van der Waals surface area contributed by atoms with Gasteiger partial charge in [-0.05, 0) is 63.5 Å². The van der Waals surface area contributed by atoms with Crippen LogP contribution in [0.4, 0.5) is 19.1 Å². The number of alkyl halides is 3. The van der Waals surface area contributed by atoms with Crippen LogP contribution in [0.3, 0.4) is 0 Å². The van der Waals surface area contributed by atoms with Gasteiger partial charge in [-0.3, -0.25) is 0 Å². The van der Waals surface area contributed by atoms with E-state index in [1.54, 1.807) is 12.1 Å². The Hall–Kier alpha value is -3.47. The second-order valence-electron chi connectivity index (χ2n) is 11.4. The number of aromatic nitrogens is 3. The summed E-state index contributed by atoms with van der Waals surface area (Å²) in [7, 11) is 0. The molecule has 2 saturated carbocycles. The highest BCUT2D eigenvalue weighted by molar-refractivity contribution is 5.85. The van der Waals surface area contributed by atoms with Gasteiger partial charge in [-0.2, -0.15) is 13.2 Å². The molecule has 0 spiro atoms. The number of nitrogens with zero attached hydrogens (tertiary/aromatic N) is 4. The Morgan fingerprint density at radius 1 is 1.02 bits per heavy atom. The van der Waals surface area contributed by atoms with Crippen LogP contribution in [0.5, 0.6) is 0 Å². The molecule has 1 N–H and O–H groups in total. The Morgan fingerprint density at radius 2 is 1.73 bits per heavy atom. The van der Waals surface area contributed by atoms with Gasteiger partial charge < -0.3 is 19.3 Å². The number of aromatic carboxylic acids is 1. The summed E-state index contributed by atoms with van der Waals surface area (Å²) in [6.45, 7) is 0.123. The van der Waals surface area contributed by atoms with Crippen LogP contribution in [0.15, 0.2) is 34.9 Å². The minimum absolute atomic E-state index is 0.000988. The molecule has 8 nitrogen and oxygen atoms in total. The predicted octanol–water partition coefficient (Wildman–Crippen LogP) is 6.32. The number of piperidine rings is 1. The largest absolute Gasteiger partial charge is 0.477 e. The normalized spacial score (nSPS) is 24.5. The number of carboxylic acid groups (broad SMARTS) is 1. The average Bonchev–Trinajstić information content (AvgIpc) is 3.87. The summed E-state index contributed by atoms with van der Waals surface area (Å²) in [5.74, 6) is 0.515. The van der Waals surface area contributed by atoms with Crippen molar-refractivity contribution < 1.29 is 32.3 Å². The van der Waals surface area contributed by atoms with Gasteiger partial charge in [0.1, 0.15) is 11.5 Å². The van der Waals surface area contributed by atoms with Crippen molar-refractivity contribution in [3.8, 4) is 11.3 Å². The molecule has 11 heteroatoms. The molecule has 4 fully saturated rings. The summed E-state index contributed by atoms with van der Waals surface area (Å²) in [5, 5.41) is 13.7. The van der Waals surface area contributed by atoms with E-state index in [-0.39, 0.29) is 47.7 Å². The van der Waals surface area contributed by atoms with E-state index in [9.17, 15) is 23.1 Å². The number of benzene rings is 1. The highest BCUT2D eigenvalue weighted by Gasteiger charge is 2.44. The summed E-state index contributed by atoms with van der Waals surface area (Å²) in [6.07, 6.45) is 2.50. The van der Waals surface area contributed by atoms with Crippen LogP contribution >= 0.6 is 0 Å². The van der Waals surface area contributed by atoms with Gasteiger partial charge in [-0.25, -0.2) is 14.8 Å². The Kier molecular flexibility index (Phi) is 6.10. The zero-order valence-corrected chi connectivity index (χ0v) is 21.7. The molecule has 2 aromatic heterocycles. The predicted molar refractivity (Wildman–Crippen MR) is 137 cm³/mol. The molecule has 2 saturated heterocycles. The number of carboxylic acids is 1. The summed E-state index contributed by atoms with van der Waals surface area (Å²) in [6, 6.07) is 7.25. The van der Waals surface area contributed by atoms with Gasteiger partial charge >= 0.3 is 12.1 Å². The molecule has 4 aliphatic rings. The Balaban J connectivity index is 1.11. The maximum absolute atomic E-state index is 13.8. The zero-order valence-electron chi connectivity index (χ0n) is 21.7. The van der Waals surface area contributed by atoms with Crippen LogP contribution in [0.2, 0.25) is 0 Å². The van der Waals surface area contributed by atoms with Gasteiger partial charge in [0.2, 0.25) is 5.95 Å². The third kappa shape index (κ3) is 4.74. The first kappa shape index (κ1) is 25.5. The molecule has 2 aliphatic heterocycles. The minimum Gasteiger partial charge on any atom is -0.477 e. The topological polar surface area (TPSA) is 102 Å². The third-order valence-electron chi connectivity index (χ3n) is 8.59. The number of rotatable bonds is 8. The number of fused-ring (bicyclic) bond motifs is 2. The van der Waals surface area contributed by atoms with Gasteiger partial charge in [0.05, 0.1) is 18.3 Å². The second kappa shape index (κ2) is 9.57. The summed E-state index contributed by atoms with van der Waals surface area (Å²) in [4.78, 5) is 23.1. The Labute approximate surface area is 228 Å². The number of halogens is 3. The monoisotopic (exact) mass is 554 g/mol. The molecular weight excluding hydrogens is 525 g/mol. The molecule has 2 atom stereocenters. The lowest BCUT2D eigenvalue weighted by Gasteiger charge is -2.39. The van der Waals surface area contributed by atoms with Crippen LogP contribution in [0.25, 0.3) is 11.3 Å². The van der Waals surface area contributed by atoms with Crippen molar-refractivity contribution in [2.45, 2.75) is 94.2 Å². The van der Waals surface area contributed by atoms with Gasteiger partial charge in [0.15, 0.2) is 5.69 Å². The van der Waals surface area contributed by atoms with Crippen LogP contribution in [0, 0.1) is 0 Å². The van der Waals surface area contributed by atoms with E-state index in [0.29, 0.717) is 36.0 Å². The molecule has 2 aliphatic carbocycles. The van der Waals surface area contributed by atoms with Crippen LogP contribution in [-0.2, 0) is 17.5 Å². The van der Waals surface area contributed by atoms with Crippen LogP contribution in [0.1, 0.15) is 96.3 Å². The smallest absolute Gasteiger partial charge is 0.417 e. The molecule has 4 heterocycles. The van der Waals surface area contributed by atoms with Crippen LogP contribution < -0.4 is 4.90 Å². The van der Waals surface area contributed by atoms with Crippen molar-refractivity contribution in [3.63, 3.8) is 0 Å². The molecule has 1 aromatic carbocycles. The van der Waals surface area contributed by atoms with E-state index < -0.39 is 17.7 Å². The van der Waals surface area contributed by atoms with Gasteiger partial charge in [-0.15, -0.1) is 0 Å². The molecule has 3 aromatic rings. The first-order valence-corrected chi connectivity index (χ1v) is 13.9. The quantitative estimate of drug-likeness (QED) is 0.345. The molecular formula is C29H29F3N4O4. The number of ether oxygens (including phenoxy) is 1. The van der Waals surface area contributed by atoms with Crippen molar-refractivity contribution in [2.75, 3.05) is 4.90 Å². The number of hydrogen-bond donors (Lipinski definition) is 1. The van der Waals surface area contributed by atoms with Crippen LogP contribution in [-0.4, -0.2) is 44.4 Å². The molecule has 0 radical (unpaired) electrons. The lowest BCUT2D eigenvalue weighted by Crippen LogP contribution is -2.46. The molecule has 40 heavy (non-hydrogen) atoms. The Bertz CT molecular complexity index is 1440. The lowest BCUT2D eigenvalue weighted by atomic mass is 9.98. The minimum atomic E-state index is -4.52. The van der Waals surface area contributed by atoms with E-state index in [1.165, 1.54) is 12.1 Å². The SMILES string of the molecule is O=C(O)c1cc(C2CC2)nc(N2C3CCC2CC(OCc2c(-c4ccccc4C(F)(F)F)noc2C2CC2)C3)n1. The first-order valence-electron chi connectivity index (χ1n) is 13.9. The highest BCUT2D eigenvalue weighted by atomic mass is 19.4. The van der Waals surface area contributed by atoms with E-state index in [4.69, 9.17) is 14.2 Å². The maximum atomic E-state index is 13.8. The molecule has 0 amide bonds. The van der Waals surface area contributed by atoms with Gasteiger partial charge in [0.25, 0.3) is 0 Å². The van der Waals surface area contributed by atoms with Crippen molar-refractivity contribution in [2.24, 2.45) is 0 Å². The summed E-state index contributed by atoms with van der Waals surface area (Å²) >= 11 is 0. The van der Waals surface area contributed by atoms with Crippen molar-refractivity contribution in [1.82, 2.24) is 15.1 Å². The fourth-order valence-corrected chi connectivity index (χ4v) is 6.33. The van der Waals surface area contributed by atoms with Crippen molar-refractivity contribution in [1.29, 1.82) is 0 Å². The fraction of sp³-hybridized carbons (Fsp3) is 0.517. The lowest BCUT2D eigenvalue weighted by molar-refractivity contribution is -0.137. The summed E-state index contributed by atoms with van der Waals surface area (Å²) < 4.78 is 53.4. The zero-order chi connectivity index (χ0) is 27.6. The van der Waals surface area contributed by atoms with Gasteiger partial charge in [0, 0.05) is 40.7 Å². The fourth-order valence-electron chi connectivity index (χ4n) is 6.33. The molecule has 2 bridgehead atoms. The van der Waals surface area contributed by atoms with E-state index >= 15 is 0 Å². The standard InChI is InChI=1S/C29H29F3N4O4/c30-29(31,32)22-4-2-1-3-20(22)25-21(26(40-35-25)16-7-8-16)14-39-19-11-17-9-10-18(12-19)36(17)28-33-23(15-5-6-15)13-24(34-28)27(37)38/h1-4,13,15-19H,5-12,14H2,(H,37,38). The third-order valence-corrected chi connectivity index (χ3v) is 8.59. The molecule has 210 valence electrons. The first-order chi connectivity index (χ1) is 19.3. The number of anilines is 1.